The van der Waals surface area contributed by atoms with Gasteiger partial charge in [0.05, 0.1) is 11.7 Å². The molecule has 2 amide bonds. The number of thiazole rings is 1. The smallest absolute Gasteiger partial charge is 0.321 e. The molecule has 0 saturated carbocycles. The molecule has 2 aliphatic rings. The van der Waals surface area contributed by atoms with Crippen molar-refractivity contribution in [2.75, 3.05) is 11.1 Å². The van der Waals surface area contributed by atoms with Crippen molar-refractivity contribution >= 4 is 34.3 Å². The molecular formula is C17H19N3OS2. The van der Waals surface area contributed by atoms with Crippen LogP contribution in [0.15, 0.2) is 29.2 Å². The van der Waals surface area contributed by atoms with Crippen molar-refractivity contribution in [1.82, 2.24) is 10.3 Å². The average Bonchev–Trinajstić information content (AvgIpc) is 2.97. The van der Waals surface area contributed by atoms with Crippen LogP contribution in [0.25, 0.3) is 0 Å². The van der Waals surface area contributed by atoms with Crippen molar-refractivity contribution in [2.45, 2.75) is 43.0 Å². The third-order valence-electron chi connectivity index (χ3n) is 4.33. The summed E-state index contributed by atoms with van der Waals surface area (Å²) in [5, 5.41) is 6.76. The van der Waals surface area contributed by atoms with Crippen LogP contribution >= 0.6 is 23.1 Å². The summed E-state index contributed by atoms with van der Waals surface area (Å²) in [5.74, 6) is 1.04. The highest BCUT2D eigenvalue weighted by Crippen LogP contribution is 2.36. The molecular weight excluding hydrogens is 326 g/mol. The Morgan fingerprint density at radius 3 is 3.00 bits per heavy atom. The molecule has 2 N–H and O–H groups in total. The van der Waals surface area contributed by atoms with Crippen LogP contribution in [0.3, 0.4) is 0 Å². The zero-order valence-corrected chi connectivity index (χ0v) is 14.4. The first-order valence-electron chi connectivity index (χ1n) is 8.07. The number of thioether (sulfide) groups is 1. The van der Waals surface area contributed by atoms with E-state index in [0.717, 1.165) is 30.1 Å². The summed E-state index contributed by atoms with van der Waals surface area (Å²) >= 11 is 3.48. The molecule has 1 unspecified atom stereocenters. The maximum atomic E-state index is 12.3. The van der Waals surface area contributed by atoms with Gasteiger partial charge in [0.2, 0.25) is 0 Å². The molecule has 23 heavy (non-hydrogen) atoms. The zero-order chi connectivity index (χ0) is 15.6. The number of anilines is 1. The molecule has 1 aromatic carbocycles. The van der Waals surface area contributed by atoms with Crippen LogP contribution in [0.4, 0.5) is 9.93 Å². The van der Waals surface area contributed by atoms with E-state index < -0.39 is 0 Å². The van der Waals surface area contributed by atoms with Crippen LogP contribution in [0.5, 0.6) is 0 Å². The van der Waals surface area contributed by atoms with Crippen molar-refractivity contribution in [2.24, 2.45) is 0 Å². The summed E-state index contributed by atoms with van der Waals surface area (Å²) in [6, 6.07) is 8.25. The first kappa shape index (κ1) is 15.0. The number of carbonyl (C=O) groups is 1. The maximum Gasteiger partial charge on any atom is 0.321 e. The summed E-state index contributed by atoms with van der Waals surface area (Å²) in [6.45, 7) is 0. The zero-order valence-electron chi connectivity index (χ0n) is 12.8. The Morgan fingerprint density at radius 2 is 2.09 bits per heavy atom. The number of aryl methyl sites for hydroxylation is 2. The molecule has 6 heteroatoms. The summed E-state index contributed by atoms with van der Waals surface area (Å²) in [5.41, 5.74) is 2.40. The number of nitrogens with one attached hydrogen (secondary N) is 2. The SMILES string of the molecule is O=C(Nc1nc2c(s1)CCCC2)NC1CCSc2ccccc21. The van der Waals surface area contributed by atoms with Gasteiger partial charge in [0, 0.05) is 15.5 Å². The Balaban J connectivity index is 1.44. The van der Waals surface area contributed by atoms with Gasteiger partial charge >= 0.3 is 6.03 Å². The van der Waals surface area contributed by atoms with E-state index >= 15 is 0 Å². The predicted molar refractivity (Wildman–Crippen MR) is 95.4 cm³/mol. The first-order valence-corrected chi connectivity index (χ1v) is 9.87. The Hall–Kier alpha value is -1.53. The Bertz CT molecular complexity index is 705. The molecule has 1 atom stereocenters. The normalized spacial score (nSPS) is 19.6. The number of urea groups is 1. The van der Waals surface area contributed by atoms with E-state index in [1.807, 2.05) is 23.9 Å². The van der Waals surface area contributed by atoms with Gasteiger partial charge in [0.25, 0.3) is 0 Å². The monoisotopic (exact) mass is 345 g/mol. The molecule has 4 rings (SSSR count). The second-order valence-electron chi connectivity index (χ2n) is 5.92. The summed E-state index contributed by atoms with van der Waals surface area (Å²) in [6.07, 6.45) is 5.55. The van der Waals surface area contributed by atoms with Crippen LogP contribution in [0, 0.1) is 0 Å². The highest BCUT2D eigenvalue weighted by Gasteiger charge is 2.23. The van der Waals surface area contributed by atoms with Crippen LogP contribution in [-0.4, -0.2) is 16.8 Å². The third-order valence-corrected chi connectivity index (χ3v) is 6.53. The van der Waals surface area contributed by atoms with Crippen molar-refractivity contribution in [1.29, 1.82) is 0 Å². The number of amides is 2. The standard InChI is InChI=1S/C17H19N3OS2/c21-16(20-17-19-13-6-2-4-8-15(13)23-17)18-12-9-10-22-14-7-3-1-5-11(12)14/h1,3,5,7,12H,2,4,6,8-10H2,(H2,18,19,20,21). The lowest BCUT2D eigenvalue weighted by molar-refractivity contribution is 0.248. The quantitative estimate of drug-likeness (QED) is 0.849. The lowest BCUT2D eigenvalue weighted by atomic mass is 10.0. The number of rotatable bonds is 2. The van der Waals surface area contributed by atoms with E-state index in [0.29, 0.717) is 0 Å². The third kappa shape index (κ3) is 3.23. The first-order chi connectivity index (χ1) is 11.3. The molecule has 1 aliphatic heterocycles. The lowest BCUT2D eigenvalue weighted by Crippen LogP contribution is -2.34. The minimum atomic E-state index is -0.150. The summed E-state index contributed by atoms with van der Waals surface area (Å²) < 4.78 is 0. The highest BCUT2D eigenvalue weighted by atomic mass is 32.2. The lowest BCUT2D eigenvalue weighted by Gasteiger charge is -2.25. The predicted octanol–water partition coefficient (Wildman–Crippen LogP) is 4.38. The van der Waals surface area contributed by atoms with E-state index in [4.69, 9.17) is 0 Å². The van der Waals surface area contributed by atoms with Crippen molar-refractivity contribution in [3.8, 4) is 0 Å². The molecule has 0 radical (unpaired) electrons. The van der Waals surface area contributed by atoms with Crippen molar-refractivity contribution in [3.63, 3.8) is 0 Å². The number of fused-ring (bicyclic) bond motifs is 2. The number of carbonyl (C=O) groups excluding carboxylic acids is 1. The van der Waals surface area contributed by atoms with Gasteiger partial charge in [-0.05, 0) is 43.7 Å². The molecule has 0 fully saturated rings. The highest BCUT2D eigenvalue weighted by molar-refractivity contribution is 7.99. The number of benzene rings is 1. The van der Waals surface area contributed by atoms with Crippen molar-refractivity contribution < 1.29 is 4.79 Å². The summed E-state index contributed by atoms with van der Waals surface area (Å²) in [7, 11) is 0. The molecule has 2 heterocycles. The number of hydrogen-bond donors (Lipinski definition) is 2. The fraction of sp³-hybridized carbons (Fsp3) is 0.412. The van der Waals surface area contributed by atoms with Crippen LogP contribution in [0.2, 0.25) is 0 Å². The number of aromatic nitrogens is 1. The molecule has 0 spiro atoms. The van der Waals surface area contributed by atoms with Gasteiger partial charge in [0.15, 0.2) is 5.13 Å². The minimum absolute atomic E-state index is 0.0852. The fourth-order valence-electron chi connectivity index (χ4n) is 3.19. The van der Waals surface area contributed by atoms with Crippen LogP contribution < -0.4 is 10.6 Å². The fourth-order valence-corrected chi connectivity index (χ4v) is 5.36. The van der Waals surface area contributed by atoms with Gasteiger partial charge in [-0.3, -0.25) is 5.32 Å². The van der Waals surface area contributed by atoms with Crippen molar-refractivity contribution in [3.05, 3.63) is 40.4 Å². The van der Waals surface area contributed by atoms with Gasteiger partial charge in [0.1, 0.15) is 0 Å². The molecule has 1 aliphatic carbocycles. The van der Waals surface area contributed by atoms with E-state index in [9.17, 15) is 4.79 Å². The Labute approximate surface area is 144 Å². The van der Waals surface area contributed by atoms with Crippen LogP contribution in [0.1, 0.15) is 41.4 Å². The van der Waals surface area contributed by atoms with E-state index in [1.165, 1.54) is 33.9 Å². The average molecular weight is 345 g/mol. The van der Waals surface area contributed by atoms with Gasteiger partial charge < -0.3 is 5.32 Å². The maximum absolute atomic E-state index is 12.3. The second kappa shape index (κ2) is 6.53. The van der Waals surface area contributed by atoms with Gasteiger partial charge in [-0.25, -0.2) is 9.78 Å². The molecule has 120 valence electrons. The molecule has 1 aromatic heterocycles. The number of nitrogens with zero attached hydrogens (tertiary/aromatic N) is 1. The van der Waals surface area contributed by atoms with Gasteiger partial charge in [-0.2, -0.15) is 0 Å². The molecule has 4 nitrogen and oxygen atoms in total. The van der Waals surface area contributed by atoms with E-state index in [1.54, 1.807) is 11.3 Å². The molecule has 2 aromatic rings. The second-order valence-corrected chi connectivity index (χ2v) is 8.14. The minimum Gasteiger partial charge on any atom is -0.331 e. The van der Waals surface area contributed by atoms with Gasteiger partial charge in [-0.15, -0.1) is 23.1 Å². The van der Waals surface area contributed by atoms with Crippen LogP contribution in [-0.2, 0) is 12.8 Å². The summed E-state index contributed by atoms with van der Waals surface area (Å²) in [4.78, 5) is 19.5. The molecule has 0 bridgehead atoms. The van der Waals surface area contributed by atoms with E-state index in [-0.39, 0.29) is 12.1 Å². The molecule has 0 saturated heterocycles. The Kier molecular flexibility index (Phi) is 4.27. The topological polar surface area (TPSA) is 54.0 Å². The number of hydrogen-bond acceptors (Lipinski definition) is 4. The largest absolute Gasteiger partial charge is 0.331 e. The van der Waals surface area contributed by atoms with E-state index in [2.05, 4.69) is 27.8 Å². The Morgan fingerprint density at radius 1 is 1.22 bits per heavy atom. The van der Waals surface area contributed by atoms with Gasteiger partial charge in [-0.1, -0.05) is 18.2 Å².